The first-order chi connectivity index (χ1) is 6.74. The molecule has 0 aliphatic carbocycles. The monoisotopic (exact) mass is 282 g/mol. The van der Waals surface area contributed by atoms with Crippen LogP contribution in [-0.2, 0) is 35.7 Å². The molecule has 4 heteroatoms. The molecule has 0 fully saturated rings. The molecule has 0 spiro atoms. The van der Waals surface area contributed by atoms with Crippen LogP contribution in [0.5, 0.6) is 0 Å². The zero-order chi connectivity index (χ0) is 10.4. The summed E-state index contributed by atoms with van der Waals surface area (Å²) >= 11 is 0. The van der Waals surface area contributed by atoms with Crippen LogP contribution in [0.4, 0.5) is 0 Å². The van der Waals surface area contributed by atoms with Crippen molar-refractivity contribution in [3.8, 4) is 0 Å². The Kier molecular flexibility index (Phi) is 7.14. The molecule has 0 aromatic heterocycles. The number of rotatable bonds is 4. The predicted molar refractivity (Wildman–Crippen MR) is 52.0 cm³/mol. The minimum Gasteiger partial charge on any atom is -0.466 e. The molecular formula is C11H12O3Zr. The van der Waals surface area contributed by atoms with Crippen LogP contribution in [0.2, 0.25) is 0 Å². The van der Waals surface area contributed by atoms with E-state index in [1.165, 1.54) is 0 Å². The van der Waals surface area contributed by atoms with E-state index in [0.29, 0.717) is 12.2 Å². The van der Waals surface area contributed by atoms with Crippen molar-refractivity contribution >= 4 is 11.8 Å². The van der Waals surface area contributed by atoms with Gasteiger partial charge < -0.3 is 4.74 Å². The zero-order valence-electron chi connectivity index (χ0n) is 8.53. The molecule has 1 aromatic rings. The Labute approximate surface area is 108 Å². The third-order valence-electron chi connectivity index (χ3n) is 1.71. The van der Waals surface area contributed by atoms with Crippen molar-refractivity contribution in [2.45, 2.75) is 13.3 Å². The summed E-state index contributed by atoms with van der Waals surface area (Å²) in [6.45, 7) is 2.02. The van der Waals surface area contributed by atoms with Gasteiger partial charge in [0.2, 0.25) is 0 Å². The third-order valence-corrected chi connectivity index (χ3v) is 1.71. The van der Waals surface area contributed by atoms with Gasteiger partial charge in [0.25, 0.3) is 0 Å². The molecule has 0 amide bonds. The standard InChI is InChI=1S/C11H12O3.Zr/c1-2-14-11(13)8-10(12)9-6-4-3-5-7-9;/h3-7H,2,8H2,1H3;. The summed E-state index contributed by atoms with van der Waals surface area (Å²) in [6.07, 6.45) is -0.183. The number of benzene rings is 1. The van der Waals surface area contributed by atoms with E-state index in [0.717, 1.165) is 0 Å². The Bertz CT molecular complexity index is 322. The summed E-state index contributed by atoms with van der Waals surface area (Å²) in [5.74, 6) is -0.676. The molecule has 0 saturated carbocycles. The van der Waals surface area contributed by atoms with Crippen LogP contribution in [0.15, 0.2) is 30.3 Å². The Morgan fingerprint density at radius 2 is 1.80 bits per heavy atom. The molecule has 0 bridgehead atoms. The number of esters is 1. The number of hydrogen-bond acceptors (Lipinski definition) is 3. The first-order valence-electron chi connectivity index (χ1n) is 4.48. The second-order valence-corrected chi connectivity index (χ2v) is 2.77. The van der Waals surface area contributed by atoms with Gasteiger partial charge in [-0.25, -0.2) is 0 Å². The van der Waals surface area contributed by atoms with Gasteiger partial charge in [-0.1, -0.05) is 30.3 Å². The second-order valence-electron chi connectivity index (χ2n) is 2.77. The Balaban J connectivity index is 0.00000196. The third kappa shape index (κ3) is 5.03. The fraction of sp³-hybridized carbons (Fsp3) is 0.273. The van der Waals surface area contributed by atoms with Gasteiger partial charge in [-0.15, -0.1) is 0 Å². The molecule has 1 rings (SSSR count). The van der Waals surface area contributed by atoms with E-state index in [2.05, 4.69) is 4.74 Å². The summed E-state index contributed by atoms with van der Waals surface area (Å²) in [5.41, 5.74) is 0.542. The molecule has 15 heavy (non-hydrogen) atoms. The maximum Gasteiger partial charge on any atom is 0.313 e. The van der Waals surface area contributed by atoms with Crippen molar-refractivity contribution in [3.63, 3.8) is 0 Å². The molecule has 0 atom stereocenters. The second kappa shape index (κ2) is 7.52. The normalized spacial score (nSPS) is 8.87. The van der Waals surface area contributed by atoms with E-state index in [4.69, 9.17) is 0 Å². The molecule has 1 aromatic carbocycles. The summed E-state index contributed by atoms with van der Waals surface area (Å²) in [5, 5.41) is 0. The molecule has 0 radical (unpaired) electrons. The van der Waals surface area contributed by atoms with Crippen molar-refractivity contribution in [3.05, 3.63) is 35.9 Å². The quantitative estimate of drug-likeness (QED) is 0.481. The van der Waals surface area contributed by atoms with E-state index in [1.807, 2.05) is 6.07 Å². The number of carbonyl (C=O) groups excluding carboxylic acids is 2. The summed E-state index contributed by atoms with van der Waals surface area (Å²) < 4.78 is 4.67. The Morgan fingerprint density at radius 3 is 2.33 bits per heavy atom. The Morgan fingerprint density at radius 1 is 1.20 bits per heavy atom. The van der Waals surface area contributed by atoms with Gasteiger partial charge in [-0.3, -0.25) is 9.59 Å². The first-order valence-corrected chi connectivity index (χ1v) is 4.48. The van der Waals surface area contributed by atoms with Crippen LogP contribution in [0, 0.1) is 0 Å². The van der Waals surface area contributed by atoms with Crippen LogP contribution < -0.4 is 0 Å². The number of ether oxygens (including phenoxy) is 1. The van der Waals surface area contributed by atoms with Gasteiger partial charge in [0.15, 0.2) is 5.78 Å². The van der Waals surface area contributed by atoms with Crippen LogP contribution in [-0.4, -0.2) is 18.4 Å². The number of ketones is 1. The van der Waals surface area contributed by atoms with Gasteiger partial charge >= 0.3 is 5.97 Å². The molecule has 0 heterocycles. The van der Waals surface area contributed by atoms with E-state index in [-0.39, 0.29) is 38.4 Å². The van der Waals surface area contributed by atoms with Crippen molar-refractivity contribution in [1.82, 2.24) is 0 Å². The average Bonchev–Trinajstić information content (AvgIpc) is 2.19. The molecule has 0 aliphatic heterocycles. The van der Waals surface area contributed by atoms with Crippen LogP contribution in [0.1, 0.15) is 23.7 Å². The smallest absolute Gasteiger partial charge is 0.313 e. The predicted octanol–water partition coefficient (Wildman–Crippen LogP) is 1.82. The van der Waals surface area contributed by atoms with Gasteiger partial charge in [0, 0.05) is 31.8 Å². The van der Waals surface area contributed by atoms with Crippen LogP contribution >= 0.6 is 0 Å². The molecule has 0 aliphatic rings. The maximum absolute atomic E-state index is 11.4. The van der Waals surface area contributed by atoms with Gasteiger partial charge in [0.05, 0.1) is 6.61 Å². The maximum atomic E-state index is 11.4. The molecule has 0 N–H and O–H groups in total. The fourth-order valence-corrected chi connectivity index (χ4v) is 1.07. The molecule has 3 nitrogen and oxygen atoms in total. The van der Waals surface area contributed by atoms with Gasteiger partial charge in [0.1, 0.15) is 6.42 Å². The van der Waals surface area contributed by atoms with E-state index >= 15 is 0 Å². The SMILES string of the molecule is CCOC(=O)CC(=O)c1ccccc1.[Zr]. The minimum atomic E-state index is -0.471. The van der Waals surface area contributed by atoms with Crippen molar-refractivity contribution in [1.29, 1.82) is 0 Å². The number of carbonyl (C=O) groups is 2. The fourth-order valence-electron chi connectivity index (χ4n) is 1.07. The minimum absolute atomic E-state index is 0. The summed E-state index contributed by atoms with van der Waals surface area (Å²) in [7, 11) is 0. The van der Waals surface area contributed by atoms with Crippen molar-refractivity contribution in [2.24, 2.45) is 0 Å². The largest absolute Gasteiger partial charge is 0.466 e. The van der Waals surface area contributed by atoms with Crippen molar-refractivity contribution < 1.29 is 40.5 Å². The van der Waals surface area contributed by atoms with Crippen LogP contribution in [0.25, 0.3) is 0 Å². The molecule has 0 saturated heterocycles. The summed E-state index contributed by atoms with van der Waals surface area (Å²) in [4.78, 5) is 22.4. The van der Waals surface area contributed by atoms with E-state index in [9.17, 15) is 9.59 Å². The number of hydrogen-bond donors (Lipinski definition) is 0. The average molecular weight is 283 g/mol. The topological polar surface area (TPSA) is 43.4 Å². The molecule has 0 unspecified atom stereocenters. The molecular weight excluding hydrogens is 271 g/mol. The van der Waals surface area contributed by atoms with Gasteiger partial charge in [-0.2, -0.15) is 0 Å². The number of Topliss-reactive ketones (excluding diaryl/α,β-unsaturated/α-hetero) is 1. The van der Waals surface area contributed by atoms with Gasteiger partial charge in [-0.05, 0) is 6.92 Å². The molecule has 78 valence electrons. The van der Waals surface area contributed by atoms with E-state index in [1.54, 1.807) is 31.2 Å². The Hall–Kier alpha value is -0.757. The summed E-state index contributed by atoms with van der Waals surface area (Å²) in [6, 6.07) is 8.71. The van der Waals surface area contributed by atoms with Crippen molar-refractivity contribution in [2.75, 3.05) is 6.61 Å². The first kappa shape index (κ1) is 14.2. The van der Waals surface area contributed by atoms with E-state index < -0.39 is 5.97 Å². The van der Waals surface area contributed by atoms with Crippen LogP contribution in [0.3, 0.4) is 0 Å². The zero-order valence-corrected chi connectivity index (χ0v) is 11.0.